The molecule has 1 atom stereocenters. The van der Waals surface area contributed by atoms with E-state index in [4.69, 9.17) is 0 Å². The third kappa shape index (κ3) is 13.2. The molecule has 3 aromatic carbocycles. The molecule has 0 bridgehead atoms. The molecule has 0 aliphatic carbocycles. The summed E-state index contributed by atoms with van der Waals surface area (Å²) in [5, 5.41) is 11.7. The first kappa shape index (κ1) is 42.4. The molecule has 1 heterocycles. The average Bonchev–Trinajstić information content (AvgIpc) is 3.53. The zero-order valence-electron chi connectivity index (χ0n) is 32.4. The van der Waals surface area contributed by atoms with E-state index in [0.717, 1.165) is 48.4 Å². The molecule has 0 aliphatic heterocycles. The second-order valence-corrected chi connectivity index (χ2v) is 14.2. The molecule has 3 N–H and O–H groups in total. The largest absolute Gasteiger partial charge is 0.361 e. The van der Waals surface area contributed by atoms with Crippen LogP contribution in [0, 0.1) is 6.92 Å². The number of anilines is 2. The highest BCUT2D eigenvalue weighted by atomic mass is 32.2. The van der Waals surface area contributed by atoms with E-state index in [0.29, 0.717) is 0 Å². The minimum atomic E-state index is 0.977. The summed E-state index contributed by atoms with van der Waals surface area (Å²) in [7, 11) is 2.76. The molecule has 0 aliphatic rings. The summed E-state index contributed by atoms with van der Waals surface area (Å²) in [5.74, 6) is 0. The van der Waals surface area contributed by atoms with Crippen LogP contribution in [0.5, 0.6) is 0 Å². The fraction of sp³-hybridized carbons (Fsp3) is 0.333. The highest BCUT2D eigenvalue weighted by Gasteiger charge is 2.07. The lowest BCUT2D eigenvalue weighted by molar-refractivity contribution is 0.940. The number of hydrogen-bond acceptors (Lipinski definition) is 3. The van der Waals surface area contributed by atoms with Gasteiger partial charge in [0.25, 0.3) is 0 Å². The van der Waals surface area contributed by atoms with Crippen molar-refractivity contribution in [3.05, 3.63) is 147 Å². The Balaban J connectivity index is 0.000000426. The fourth-order valence-corrected chi connectivity index (χ4v) is 6.60. The van der Waals surface area contributed by atoms with Crippen LogP contribution < -0.4 is 10.6 Å². The summed E-state index contributed by atoms with van der Waals surface area (Å²) in [5.41, 5.74) is 15.1. The molecule has 5 heteroatoms. The number of hydrogen-bond donors (Lipinski definition) is 3. The molecule has 0 amide bonds. The first-order valence-electron chi connectivity index (χ1n) is 18.1. The third-order valence-electron chi connectivity index (χ3n) is 8.54. The van der Waals surface area contributed by atoms with Gasteiger partial charge >= 0.3 is 0 Å². The molecule has 1 unspecified atom stereocenters. The molecule has 50 heavy (non-hydrogen) atoms. The van der Waals surface area contributed by atoms with Gasteiger partial charge in [0.2, 0.25) is 0 Å². The lowest BCUT2D eigenvalue weighted by atomic mass is 9.98. The predicted molar refractivity (Wildman–Crippen MR) is 233 cm³/mol. The standard InChI is InChI=1S/C29H35N2PS.C14H21N.C2H6/c1-6-10-26(16-15-25-18-30-29-14-8-7-13-28(25)29)31-27-12-9-11-24(17-27)20(2)19-33-23(5)21(3)22(4)32;1-6-12-8-14(15-10(3)4)9-13(7-2)11(12)5;1-2/h7-14,17-19,30-31H,5-6,15-16,32H2,1-4H3;8-9,15H,3,6-7H2,1-2,4-5H3;1-2H3/b20-19+,22-21-,26-10+;;. The first-order chi connectivity index (χ1) is 24.0. The highest BCUT2D eigenvalue weighted by Crippen LogP contribution is 2.31. The van der Waals surface area contributed by atoms with Crippen LogP contribution in [0.2, 0.25) is 0 Å². The van der Waals surface area contributed by atoms with Crippen LogP contribution in [0.4, 0.5) is 11.4 Å². The van der Waals surface area contributed by atoms with Gasteiger partial charge < -0.3 is 15.6 Å². The van der Waals surface area contributed by atoms with Gasteiger partial charge in [0.1, 0.15) is 0 Å². The van der Waals surface area contributed by atoms with Crippen molar-refractivity contribution in [2.24, 2.45) is 0 Å². The molecule has 4 aromatic rings. The van der Waals surface area contributed by atoms with Gasteiger partial charge in [-0.2, -0.15) is 0 Å². The SMILES string of the molecule is C=C(C)Nc1cc(CC)c(C)c(CC)c1.C=C(S/C=C(\C)c1cccc(N/C(=C/CC)CCc2c[nH]c3ccccc23)c1)/C(C)=C(/C)P.CC. The van der Waals surface area contributed by atoms with Crippen molar-refractivity contribution in [1.82, 2.24) is 4.98 Å². The summed E-state index contributed by atoms with van der Waals surface area (Å²) < 4.78 is 0. The van der Waals surface area contributed by atoms with E-state index in [-0.39, 0.29) is 0 Å². The summed E-state index contributed by atoms with van der Waals surface area (Å²) in [6.45, 7) is 29.2. The van der Waals surface area contributed by atoms with Gasteiger partial charge in [0.05, 0.1) is 0 Å². The van der Waals surface area contributed by atoms with Crippen molar-refractivity contribution in [1.29, 1.82) is 0 Å². The summed E-state index contributed by atoms with van der Waals surface area (Å²) in [6, 6.07) is 21.6. The Morgan fingerprint density at radius 3 is 2.10 bits per heavy atom. The van der Waals surface area contributed by atoms with Crippen LogP contribution in [0.1, 0.15) is 103 Å². The summed E-state index contributed by atoms with van der Waals surface area (Å²) >= 11 is 1.69. The summed E-state index contributed by atoms with van der Waals surface area (Å²) in [6.07, 6.45) is 9.60. The highest BCUT2D eigenvalue weighted by molar-refractivity contribution is 8.06. The van der Waals surface area contributed by atoms with Gasteiger partial charge in [-0.25, -0.2) is 0 Å². The van der Waals surface area contributed by atoms with Gasteiger partial charge in [-0.05, 0) is 141 Å². The second-order valence-electron chi connectivity index (χ2n) is 12.4. The Bertz CT molecular complexity index is 1770. The van der Waals surface area contributed by atoms with E-state index in [1.165, 1.54) is 66.6 Å². The molecule has 0 radical (unpaired) electrons. The Morgan fingerprint density at radius 1 is 0.840 bits per heavy atom. The Morgan fingerprint density at radius 2 is 1.50 bits per heavy atom. The Labute approximate surface area is 311 Å². The lowest BCUT2D eigenvalue weighted by Gasteiger charge is -2.13. The quantitative estimate of drug-likeness (QED) is 0.0902. The second kappa shape index (κ2) is 22.2. The fourth-order valence-electron chi connectivity index (χ4n) is 5.53. The number of thioether (sulfide) groups is 1. The van der Waals surface area contributed by atoms with Crippen LogP contribution in [0.15, 0.2) is 119 Å². The minimum Gasteiger partial charge on any atom is -0.361 e. The number of H-pyrrole nitrogens is 1. The Hall–Kier alpha value is -3.72. The van der Waals surface area contributed by atoms with E-state index in [1.807, 2.05) is 20.8 Å². The van der Waals surface area contributed by atoms with Crippen molar-refractivity contribution in [2.75, 3.05) is 10.6 Å². The van der Waals surface area contributed by atoms with E-state index < -0.39 is 0 Å². The van der Waals surface area contributed by atoms with Crippen LogP contribution in [0.3, 0.4) is 0 Å². The lowest BCUT2D eigenvalue weighted by Crippen LogP contribution is -2.02. The van der Waals surface area contributed by atoms with E-state index in [1.54, 1.807) is 11.8 Å². The van der Waals surface area contributed by atoms with Crippen LogP contribution in [-0.2, 0) is 19.3 Å². The van der Waals surface area contributed by atoms with Gasteiger partial charge in [0.15, 0.2) is 0 Å². The van der Waals surface area contributed by atoms with Gasteiger partial charge in [-0.15, -0.1) is 9.24 Å². The number of benzene rings is 3. The number of nitrogens with one attached hydrogen (secondary N) is 3. The normalized spacial score (nSPS) is 11.9. The maximum Gasteiger partial charge on any atom is 0.0456 e. The van der Waals surface area contributed by atoms with Gasteiger partial charge in [0, 0.05) is 44.8 Å². The van der Waals surface area contributed by atoms with Crippen molar-refractivity contribution in [3.63, 3.8) is 0 Å². The molecule has 3 nitrogen and oxygen atoms in total. The molecule has 0 saturated carbocycles. The summed E-state index contributed by atoms with van der Waals surface area (Å²) in [4.78, 5) is 4.47. The maximum atomic E-state index is 4.20. The minimum absolute atomic E-state index is 0.977. The molecule has 268 valence electrons. The van der Waals surface area contributed by atoms with Gasteiger partial charge in [-0.1, -0.05) is 101 Å². The van der Waals surface area contributed by atoms with E-state index in [9.17, 15) is 0 Å². The van der Waals surface area contributed by atoms with Gasteiger partial charge in [-0.3, -0.25) is 0 Å². The number of aromatic amines is 1. The first-order valence-corrected chi connectivity index (χ1v) is 19.5. The smallest absolute Gasteiger partial charge is 0.0456 e. The number of allylic oxidation sites excluding steroid dienone is 6. The predicted octanol–water partition coefficient (Wildman–Crippen LogP) is 14.4. The number of aromatic nitrogens is 1. The number of fused-ring (bicyclic) bond motifs is 1. The average molecular weight is 708 g/mol. The zero-order chi connectivity index (χ0) is 37.2. The number of rotatable bonds is 14. The number of aryl methyl sites for hydroxylation is 3. The van der Waals surface area contributed by atoms with Crippen molar-refractivity contribution >= 4 is 48.9 Å². The van der Waals surface area contributed by atoms with E-state index in [2.05, 4.69) is 165 Å². The van der Waals surface area contributed by atoms with Crippen molar-refractivity contribution in [3.8, 4) is 0 Å². The topological polar surface area (TPSA) is 39.8 Å². The zero-order valence-corrected chi connectivity index (χ0v) is 34.4. The van der Waals surface area contributed by atoms with Crippen LogP contribution in [0.25, 0.3) is 16.5 Å². The molecular weight excluding hydrogens is 646 g/mol. The van der Waals surface area contributed by atoms with Crippen molar-refractivity contribution < 1.29 is 0 Å². The monoisotopic (exact) mass is 707 g/mol. The molecule has 0 spiro atoms. The van der Waals surface area contributed by atoms with Crippen molar-refractivity contribution in [2.45, 2.75) is 101 Å². The number of para-hydroxylation sites is 1. The molecule has 0 fully saturated rings. The Kier molecular flexibility index (Phi) is 18.8. The third-order valence-corrected chi connectivity index (χ3v) is 10.0. The van der Waals surface area contributed by atoms with Crippen LogP contribution >= 0.6 is 21.0 Å². The molecule has 0 saturated heterocycles. The molecular formula is C45H62N3PS. The maximum absolute atomic E-state index is 4.20. The van der Waals surface area contributed by atoms with E-state index >= 15 is 0 Å². The molecule has 1 aromatic heterocycles. The van der Waals surface area contributed by atoms with Crippen LogP contribution in [-0.4, -0.2) is 4.98 Å². The molecule has 4 rings (SSSR count).